The van der Waals surface area contributed by atoms with E-state index in [2.05, 4.69) is 0 Å². The predicted molar refractivity (Wildman–Crippen MR) is 61.5 cm³/mol. The maximum atomic E-state index is 10.8. The van der Waals surface area contributed by atoms with Crippen LogP contribution in [0.4, 0.5) is 0 Å². The standard InChI is InChI=1S/C12H21NO4/c13-6-3-9-7-10(8-11(14)15)17-12(16-9)4-1-2-5-12/h9-10H,1-8,13H2,(H,14,15)/t9-,10-/m1/s1. The van der Waals surface area contributed by atoms with E-state index >= 15 is 0 Å². The Hall–Kier alpha value is -0.650. The number of nitrogens with two attached hydrogens (primary N) is 1. The third kappa shape index (κ3) is 3.18. The molecule has 2 atom stereocenters. The molecule has 1 heterocycles. The van der Waals surface area contributed by atoms with E-state index in [0.29, 0.717) is 13.0 Å². The minimum atomic E-state index is -0.809. The van der Waals surface area contributed by atoms with Gasteiger partial charge in [0.15, 0.2) is 5.79 Å². The predicted octanol–water partition coefficient (Wildman–Crippen LogP) is 1.25. The van der Waals surface area contributed by atoms with E-state index in [1.165, 1.54) is 0 Å². The maximum Gasteiger partial charge on any atom is 0.305 e. The van der Waals surface area contributed by atoms with Crippen molar-refractivity contribution in [3.8, 4) is 0 Å². The lowest BCUT2D eigenvalue weighted by Gasteiger charge is -2.42. The number of carboxylic acids is 1. The minimum Gasteiger partial charge on any atom is -0.481 e. The third-order valence-electron chi connectivity index (χ3n) is 3.54. The molecule has 0 aromatic rings. The average Bonchev–Trinajstić information content (AvgIpc) is 2.64. The van der Waals surface area contributed by atoms with Gasteiger partial charge in [0.25, 0.3) is 0 Å². The summed E-state index contributed by atoms with van der Waals surface area (Å²) in [7, 11) is 0. The van der Waals surface area contributed by atoms with E-state index in [1.54, 1.807) is 0 Å². The Kier molecular flexibility index (Phi) is 4.01. The lowest BCUT2D eigenvalue weighted by molar-refractivity contribution is -0.314. The molecule has 1 aliphatic heterocycles. The summed E-state index contributed by atoms with van der Waals surface area (Å²) in [6.07, 6.45) is 5.25. The number of aliphatic carboxylic acids is 1. The van der Waals surface area contributed by atoms with Crippen LogP contribution in [0.5, 0.6) is 0 Å². The SMILES string of the molecule is NCC[C@@H]1C[C@H](CC(=O)O)OC2(CCCC2)O1. The first-order valence-corrected chi connectivity index (χ1v) is 6.41. The fourth-order valence-electron chi connectivity index (χ4n) is 2.86. The zero-order chi connectivity index (χ0) is 12.3. The Morgan fingerprint density at radius 3 is 2.53 bits per heavy atom. The monoisotopic (exact) mass is 243 g/mol. The van der Waals surface area contributed by atoms with Crippen molar-refractivity contribution in [1.29, 1.82) is 0 Å². The van der Waals surface area contributed by atoms with E-state index in [4.69, 9.17) is 20.3 Å². The summed E-state index contributed by atoms with van der Waals surface area (Å²) in [4.78, 5) is 10.8. The normalized spacial score (nSPS) is 31.8. The zero-order valence-electron chi connectivity index (χ0n) is 10.1. The van der Waals surface area contributed by atoms with Crippen molar-refractivity contribution in [2.24, 2.45) is 5.73 Å². The van der Waals surface area contributed by atoms with Crippen LogP contribution in [0.2, 0.25) is 0 Å². The van der Waals surface area contributed by atoms with Crippen LogP contribution in [-0.4, -0.2) is 35.6 Å². The van der Waals surface area contributed by atoms with Gasteiger partial charge in [-0.1, -0.05) is 0 Å². The van der Waals surface area contributed by atoms with Gasteiger partial charge in [-0.05, 0) is 25.8 Å². The first-order chi connectivity index (χ1) is 8.13. The smallest absolute Gasteiger partial charge is 0.305 e. The van der Waals surface area contributed by atoms with Gasteiger partial charge in [0, 0.05) is 19.3 Å². The van der Waals surface area contributed by atoms with Gasteiger partial charge in [-0.3, -0.25) is 4.79 Å². The van der Waals surface area contributed by atoms with Gasteiger partial charge in [-0.2, -0.15) is 0 Å². The molecule has 0 amide bonds. The molecular formula is C12H21NO4. The van der Waals surface area contributed by atoms with Crippen molar-refractivity contribution in [3.63, 3.8) is 0 Å². The van der Waals surface area contributed by atoms with Gasteiger partial charge in [-0.25, -0.2) is 0 Å². The van der Waals surface area contributed by atoms with Gasteiger partial charge in [0.2, 0.25) is 0 Å². The van der Waals surface area contributed by atoms with Crippen LogP contribution in [0.3, 0.4) is 0 Å². The third-order valence-corrected chi connectivity index (χ3v) is 3.54. The summed E-state index contributed by atoms with van der Waals surface area (Å²) in [5.41, 5.74) is 5.56. The quantitative estimate of drug-likeness (QED) is 0.776. The Balaban J connectivity index is 2.01. The van der Waals surface area contributed by atoms with Crippen LogP contribution in [0.25, 0.3) is 0 Å². The molecule has 0 unspecified atom stereocenters. The molecule has 2 aliphatic rings. The molecule has 1 saturated carbocycles. The molecule has 1 aliphatic carbocycles. The summed E-state index contributed by atoms with van der Waals surface area (Å²) >= 11 is 0. The highest BCUT2D eigenvalue weighted by Crippen LogP contribution is 2.41. The van der Waals surface area contributed by atoms with E-state index in [9.17, 15) is 4.79 Å². The van der Waals surface area contributed by atoms with Gasteiger partial charge >= 0.3 is 5.97 Å². The summed E-state index contributed by atoms with van der Waals surface area (Å²) < 4.78 is 11.9. The zero-order valence-corrected chi connectivity index (χ0v) is 10.1. The lowest BCUT2D eigenvalue weighted by atomic mass is 10.0. The fourth-order valence-corrected chi connectivity index (χ4v) is 2.86. The number of hydrogen-bond acceptors (Lipinski definition) is 4. The highest BCUT2D eigenvalue weighted by Gasteiger charge is 2.44. The maximum absolute atomic E-state index is 10.8. The van der Waals surface area contributed by atoms with Gasteiger partial charge in [-0.15, -0.1) is 0 Å². The number of ether oxygens (including phenoxy) is 2. The topological polar surface area (TPSA) is 81.8 Å². The van der Waals surface area contributed by atoms with Crippen LogP contribution in [0, 0.1) is 0 Å². The molecule has 5 nitrogen and oxygen atoms in total. The van der Waals surface area contributed by atoms with E-state index < -0.39 is 11.8 Å². The van der Waals surface area contributed by atoms with E-state index in [0.717, 1.165) is 32.1 Å². The molecular weight excluding hydrogens is 222 g/mol. The molecule has 2 fully saturated rings. The molecule has 98 valence electrons. The van der Waals surface area contributed by atoms with E-state index in [-0.39, 0.29) is 18.6 Å². The van der Waals surface area contributed by atoms with E-state index in [1.807, 2.05) is 0 Å². The Morgan fingerprint density at radius 2 is 1.94 bits per heavy atom. The van der Waals surface area contributed by atoms with Crippen LogP contribution in [-0.2, 0) is 14.3 Å². The van der Waals surface area contributed by atoms with Crippen LogP contribution < -0.4 is 5.73 Å². The number of carbonyl (C=O) groups is 1. The molecule has 1 saturated heterocycles. The van der Waals surface area contributed by atoms with Gasteiger partial charge < -0.3 is 20.3 Å². The summed E-state index contributed by atoms with van der Waals surface area (Å²) in [5.74, 6) is -1.32. The van der Waals surface area contributed by atoms with Gasteiger partial charge in [0.05, 0.1) is 18.6 Å². The van der Waals surface area contributed by atoms with Crippen molar-refractivity contribution in [2.45, 2.75) is 62.9 Å². The van der Waals surface area contributed by atoms with Crippen molar-refractivity contribution in [1.82, 2.24) is 0 Å². The molecule has 0 bridgehead atoms. The molecule has 0 aromatic heterocycles. The molecule has 1 spiro atoms. The second-order valence-corrected chi connectivity index (χ2v) is 5.01. The highest BCUT2D eigenvalue weighted by atomic mass is 16.7. The average molecular weight is 243 g/mol. The molecule has 17 heavy (non-hydrogen) atoms. The molecule has 0 radical (unpaired) electrons. The van der Waals surface area contributed by atoms with Crippen molar-refractivity contribution in [3.05, 3.63) is 0 Å². The first-order valence-electron chi connectivity index (χ1n) is 6.41. The largest absolute Gasteiger partial charge is 0.481 e. The first kappa shape index (κ1) is 12.8. The number of rotatable bonds is 4. The van der Waals surface area contributed by atoms with Crippen LogP contribution in [0.1, 0.15) is 44.9 Å². The molecule has 2 rings (SSSR count). The second-order valence-electron chi connectivity index (χ2n) is 5.01. The Labute approximate surface area is 101 Å². The van der Waals surface area contributed by atoms with Crippen molar-refractivity contribution < 1.29 is 19.4 Å². The second kappa shape index (κ2) is 5.33. The van der Waals surface area contributed by atoms with Crippen molar-refractivity contribution >= 4 is 5.97 Å². The molecule has 3 N–H and O–H groups in total. The lowest BCUT2D eigenvalue weighted by Crippen LogP contribution is -2.47. The summed E-state index contributed by atoms with van der Waals surface area (Å²) in [5, 5.41) is 8.87. The minimum absolute atomic E-state index is 0.0520. The fraction of sp³-hybridized carbons (Fsp3) is 0.917. The molecule has 0 aromatic carbocycles. The Morgan fingerprint density at radius 1 is 1.29 bits per heavy atom. The summed E-state index contributed by atoms with van der Waals surface area (Å²) in [6, 6.07) is 0. The highest BCUT2D eigenvalue weighted by molar-refractivity contribution is 5.67. The number of carboxylic acid groups (broad SMARTS) is 1. The van der Waals surface area contributed by atoms with Crippen molar-refractivity contribution in [2.75, 3.05) is 6.54 Å². The summed E-state index contributed by atoms with van der Waals surface area (Å²) in [6.45, 7) is 0.570. The van der Waals surface area contributed by atoms with Crippen LogP contribution >= 0.6 is 0 Å². The van der Waals surface area contributed by atoms with Crippen LogP contribution in [0.15, 0.2) is 0 Å². The Bertz CT molecular complexity index is 276. The number of hydrogen-bond donors (Lipinski definition) is 2. The molecule has 5 heteroatoms. The van der Waals surface area contributed by atoms with Gasteiger partial charge in [0.1, 0.15) is 0 Å².